The van der Waals surface area contributed by atoms with Crippen molar-refractivity contribution in [2.24, 2.45) is 17.8 Å². The summed E-state index contributed by atoms with van der Waals surface area (Å²) in [4.78, 5) is 0. The number of piperidine rings is 1. The van der Waals surface area contributed by atoms with Gasteiger partial charge in [0.25, 0.3) is 0 Å². The molecule has 1 saturated heterocycles. The van der Waals surface area contributed by atoms with Gasteiger partial charge in [-0.25, -0.2) is 0 Å². The summed E-state index contributed by atoms with van der Waals surface area (Å²) in [7, 11) is 0. The molecule has 0 aromatic carbocycles. The van der Waals surface area contributed by atoms with E-state index in [0.29, 0.717) is 0 Å². The SMILES string of the molecule is CC1CCC(CNC2CCCCC2C2CCCCN2)CC1. The summed E-state index contributed by atoms with van der Waals surface area (Å²) < 4.78 is 0. The Morgan fingerprint density at radius 2 is 1.62 bits per heavy atom. The molecular formula is C19H36N2. The zero-order valence-electron chi connectivity index (χ0n) is 14.1. The van der Waals surface area contributed by atoms with E-state index in [2.05, 4.69) is 17.6 Å². The maximum Gasteiger partial charge on any atom is 0.0110 e. The zero-order valence-corrected chi connectivity index (χ0v) is 14.1. The Morgan fingerprint density at radius 3 is 2.38 bits per heavy atom. The number of hydrogen-bond acceptors (Lipinski definition) is 2. The van der Waals surface area contributed by atoms with Gasteiger partial charge < -0.3 is 10.6 Å². The lowest BCUT2D eigenvalue weighted by molar-refractivity contribution is 0.170. The van der Waals surface area contributed by atoms with E-state index in [0.717, 1.165) is 29.8 Å². The second-order valence-electron chi connectivity index (χ2n) is 8.15. The largest absolute Gasteiger partial charge is 0.314 e. The molecule has 3 unspecified atom stereocenters. The van der Waals surface area contributed by atoms with Crippen LogP contribution >= 0.6 is 0 Å². The molecule has 1 aliphatic heterocycles. The molecule has 0 spiro atoms. The van der Waals surface area contributed by atoms with Gasteiger partial charge >= 0.3 is 0 Å². The van der Waals surface area contributed by atoms with Gasteiger partial charge in [-0.05, 0) is 69.4 Å². The van der Waals surface area contributed by atoms with Crippen molar-refractivity contribution >= 4 is 0 Å². The summed E-state index contributed by atoms with van der Waals surface area (Å²) in [6, 6.07) is 1.61. The van der Waals surface area contributed by atoms with Crippen molar-refractivity contribution in [3.05, 3.63) is 0 Å². The Labute approximate surface area is 131 Å². The Hall–Kier alpha value is -0.0800. The molecule has 1 heterocycles. The van der Waals surface area contributed by atoms with Crippen LogP contribution in [0, 0.1) is 17.8 Å². The van der Waals surface area contributed by atoms with E-state index < -0.39 is 0 Å². The lowest BCUT2D eigenvalue weighted by atomic mass is 9.76. The highest BCUT2D eigenvalue weighted by Gasteiger charge is 2.32. The monoisotopic (exact) mass is 292 g/mol. The van der Waals surface area contributed by atoms with Crippen molar-refractivity contribution in [1.29, 1.82) is 0 Å². The van der Waals surface area contributed by atoms with Crippen LogP contribution in [0.25, 0.3) is 0 Å². The van der Waals surface area contributed by atoms with Crippen LogP contribution in [-0.2, 0) is 0 Å². The highest BCUT2D eigenvalue weighted by Crippen LogP contribution is 2.32. The highest BCUT2D eigenvalue weighted by molar-refractivity contribution is 4.91. The fourth-order valence-electron chi connectivity index (χ4n) is 4.99. The van der Waals surface area contributed by atoms with Gasteiger partial charge in [0.2, 0.25) is 0 Å². The molecule has 3 atom stereocenters. The van der Waals surface area contributed by atoms with E-state index >= 15 is 0 Å². The molecule has 122 valence electrons. The molecule has 2 aliphatic carbocycles. The molecule has 21 heavy (non-hydrogen) atoms. The Bertz CT molecular complexity index is 290. The summed E-state index contributed by atoms with van der Waals surface area (Å²) in [6.07, 6.45) is 15.9. The quantitative estimate of drug-likeness (QED) is 0.815. The Kier molecular flexibility index (Phi) is 5.99. The summed E-state index contributed by atoms with van der Waals surface area (Å²) in [5.74, 6) is 2.85. The van der Waals surface area contributed by atoms with E-state index in [1.165, 1.54) is 83.7 Å². The molecule has 0 radical (unpaired) electrons. The van der Waals surface area contributed by atoms with Gasteiger partial charge in [0.05, 0.1) is 0 Å². The first kappa shape index (κ1) is 15.8. The predicted octanol–water partition coefficient (Wildman–Crippen LogP) is 4.10. The number of hydrogen-bond donors (Lipinski definition) is 2. The van der Waals surface area contributed by atoms with Crippen LogP contribution in [0.15, 0.2) is 0 Å². The zero-order chi connectivity index (χ0) is 14.5. The Morgan fingerprint density at radius 1 is 0.857 bits per heavy atom. The van der Waals surface area contributed by atoms with Gasteiger partial charge in [-0.1, -0.05) is 39.0 Å². The van der Waals surface area contributed by atoms with Gasteiger partial charge in [-0.3, -0.25) is 0 Å². The molecule has 0 aromatic heterocycles. The third kappa shape index (κ3) is 4.45. The normalized spacial score (nSPS) is 41.9. The van der Waals surface area contributed by atoms with Gasteiger partial charge in [0, 0.05) is 12.1 Å². The third-order valence-electron chi connectivity index (χ3n) is 6.49. The average molecular weight is 293 g/mol. The third-order valence-corrected chi connectivity index (χ3v) is 6.49. The maximum absolute atomic E-state index is 4.01. The van der Waals surface area contributed by atoms with Crippen LogP contribution < -0.4 is 10.6 Å². The van der Waals surface area contributed by atoms with E-state index in [9.17, 15) is 0 Å². The second-order valence-corrected chi connectivity index (χ2v) is 8.15. The topological polar surface area (TPSA) is 24.1 Å². The molecule has 0 aromatic rings. The molecule has 2 N–H and O–H groups in total. The summed E-state index contributed by atoms with van der Waals surface area (Å²) >= 11 is 0. The van der Waals surface area contributed by atoms with E-state index in [-0.39, 0.29) is 0 Å². The van der Waals surface area contributed by atoms with Crippen LogP contribution in [0.2, 0.25) is 0 Å². The van der Waals surface area contributed by atoms with Crippen LogP contribution in [0.4, 0.5) is 0 Å². The van der Waals surface area contributed by atoms with Gasteiger partial charge in [0.1, 0.15) is 0 Å². The average Bonchev–Trinajstić information content (AvgIpc) is 2.55. The van der Waals surface area contributed by atoms with Crippen molar-refractivity contribution in [3.8, 4) is 0 Å². The van der Waals surface area contributed by atoms with E-state index in [1.807, 2.05) is 0 Å². The van der Waals surface area contributed by atoms with Crippen molar-refractivity contribution in [3.63, 3.8) is 0 Å². The Balaban J connectivity index is 1.47. The van der Waals surface area contributed by atoms with Crippen molar-refractivity contribution < 1.29 is 0 Å². The molecule has 0 bridgehead atoms. The molecule has 3 aliphatic rings. The van der Waals surface area contributed by atoms with E-state index in [1.54, 1.807) is 0 Å². The number of rotatable bonds is 4. The van der Waals surface area contributed by atoms with E-state index in [4.69, 9.17) is 0 Å². The smallest absolute Gasteiger partial charge is 0.0110 e. The maximum atomic E-state index is 4.01. The molecule has 2 saturated carbocycles. The highest BCUT2D eigenvalue weighted by atomic mass is 15.0. The fourth-order valence-corrected chi connectivity index (χ4v) is 4.99. The predicted molar refractivity (Wildman–Crippen MR) is 90.5 cm³/mol. The first-order chi connectivity index (χ1) is 10.3. The standard InChI is InChI=1S/C19H36N2/c1-15-9-11-16(12-10-15)14-21-19-7-3-2-6-17(19)18-8-4-5-13-20-18/h15-21H,2-14H2,1H3. The molecule has 2 nitrogen and oxygen atoms in total. The first-order valence-electron chi connectivity index (χ1n) is 9.79. The summed E-state index contributed by atoms with van der Waals surface area (Å²) in [6.45, 7) is 4.98. The molecule has 3 fully saturated rings. The fraction of sp³-hybridized carbons (Fsp3) is 1.00. The van der Waals surface area contributed by atoms with Crippen LogP contribution in [0.3, 0.4) is 0 Å². The lowest BCUT2D eigenvalue weighted by Crippen LogP contribution is -2.51. The molecule has 3 rings (SSSR count). The number of nitrogens with one attached hydrogen (secondary N) is 2. The lowest BCUT2D eigenvalue weighted by Gasteiger charge is -2.40. The second kappa shape index (κ2) is 7.97. The van der Waals surface area contributed by atoms with Gasteiger partial charge in [-0.15, -0.1) is 0 Å². The van der Waals surface area contributed by atoms with Crippen molar-refractivity contribution in [2.75, 3.05) is 13.1 Å². The minimum Gasteiger partial charge on any atom is -0.314 e. The van der Waals surface area contributed by atoms with Crippen LogP contribution in [0.1, 0.15) is 77.6 Å². The molecule has 0 amide bonds. The van der Waals surface area contributed by atoms with Crippen molar-refractivity contribution in [1.82, 2.24) is 10.6 Å². The summed E-state index contributed by atoms with van der Waals surface area (Å²) in [5.41, 5.74) is 0. The minimum atomic E-state index is 0.800. The van der Waals surface area contributed by atoms with Crippen LogP contribution in [-0.4, -0.2) is 25.2 Å². The summed E-state index contributed by atoms with van der Waals surface area (Å²) in [5, 5.41) is 7.84. The minimum absolute atomic E-state index is 0.800. The molecule has 2 heteroatoms. The van der Waals surface area contributed by atoms with Crippen LogP contribution in [0.5, 0.6) is 0 Å². The molecular weight excluding hydrogens is 256 g/mol. The van der Waals surface area contributed by atoms with Gasteiger partial charge in [0.15, 0.2) is 0 Å². The van der Waals surface area contributed by atoms with Crippen molar-refractivity contribution in [2.45, 2.75) is 89.6 Å². The first-order valence-corrected chi connectivity index (χ1v) is 9.79. The van der Waals surface area contributed by atoms with Gasteiger partial charge in [-0.2, -0.15) is 0 Å².